The van der Waals surface area contributed by atoms with E-state index in [1.165, 1.54) is 12.1 Å². The lowest BCUT2D eigenvalue weighted by Gasteiger charge is -2.16. The van der Waals surface area contributed by atoms with Crippen LogP contribution in [0, 0.1) is 0 Å². The highest BCUT2D eigenvalue weighted by Gasteiger charge is 2.19. The molecule has 0 heterocycles. The van der Waals surface area contributed by atoms with Crippen LogP contribution in [0.4, 0.5) is 0 Å². The van der Waals surface area contributed by atoms with Gasteiger partial charge in [-0.1, -0.05) is 40.2 Å². The van der Waals surface area contributed by atoms with Crippen molar-refractivity contribution in [2.45, 2.75) is 17.9 Å². The average Bonchev–Trinajstić information content (AvgIpc) is 2.46. The summed E-state index contributed by atoms with van der Waals surface area (Å²) in [4.78, 5) is 12.4. The number of nitrogens with one attached hydrogen (secondary N) is 1. The zero-order chi connectivity index (χ0) is 16.3. The van der Waals surface area contributed by atoms with Crippen molar-refractivity contribution in [1.29, 1.82) is 0 Å². The van der Waals surface area contributed by atoms with Gasteiger partial charge in [0.05, 0.1) is 16.5 Å². The molecule has 0 saturated carbocycles. The zero-order valence-electron chi connectivity index (χ0n) is 12.2. The first-order valence-corrected chi connectivity index (χ1v) is 9.33. The summed E-state index contributed by atoms with van der Waals surface area (Å²) in [6.45, 7) is 1.85. The first kappa shape index (κ1) is 16.7. The van der Waals surface area contributed by atoms with E-state index >= 15 is 0 Å². The molecule has 0 aliphatic rings. The van der Waals surface area contributed by atoms with Crippen LogP contribution in [0.1, 0.15) is 28.9 Å². The fraction of sp³-hybridized carbons (Fsp3) is 0.188. The number of carbonyl (C=O) groups excluding carboxylic acids is 1. The van der Waals surface area contributed by atoms with Crippen molar-refractivity contribution in [3.63, 3.8) is 0 Å². The van der Waals surface area contributed by atoms with Gasteiger partial charge in [-0.25, -0.2) is 8.42 Å². The molecule has 1 unspecified atom stereocenters. The zero-order valence-corrected chi connectivity index (χ0v) is 14.6. The molecular weight excluding hydrogens is 366 g/mol. The number of sulfone groups is 1. The highest BCUT2D eigenvalue weighted by molar-refractivity contribution is 9.10. The van der Waals surface area contributed by atoms with Crippen LogP contribution < -0.4 is 5.32 Å². The second kappa shape index (κ2) is 6.62. The summed E-state index contributed by atoms with van der Waals surface area (Å²) < 4.78 is 24.5. The van der Waals surface area contributed by atoms with E-state index in [9.17, 15) is 13.2 Å². The molecule has 0 bridgehead atoms. The van der Waals surface area contributed by atoms with Crippen LogP contribution in [0.15, 0.2) is 57.9 Å². The molecule has 0 aliphatic heterocycles. The lowest BCUT2D eigenvalue weighted by molar-refractivity contribution is 0.0936. The monoisotopic (exact) mass is 381 g/mol. The Balaban J connectivity index is 2.27. The maximum absolute atomic E-state index is 12.4. The summed E-state index contributed by atoms with van der Waals surface area (Å²) in [7, 11) is -3.45. The highest BCUT2D eigenvalue weighted by atomic mass is 79.9. The topological polar surface area (TPSA) is 63.2 Å². The number of carbonyl (C=O) groups is 1. The summed E-state index contributed by atoms with van der Waals surface area (Å²) in [5.74, 6) is -0.409. The standard InChI is InChI=1S/C16H16BrNO3S/c1-11(12-6-5-7-13(17)10-12)18-16(19)14-8-3-4-9-15(14)22(2,20)21/h3-11H,1-2H3,(H,18,19). The van der Waals surface area contributed by atoms with Crippen LogP contribution in [0.5, 0.6) is 0 Å². The van der Waals surface area contributed by atoms with E-state index in [4.69, 9.17) is 0 Å². The molecule has 6 heteroatoms. The predicted molar refractivity (Wildman–Crippen MR) is 89.6 cm³/mol. The lowest BCUT2D eigenvalue weighted by Crippen LogP contribution is -2.28. The van der Waals surface area contributed by atoms with E-state index in [-0.39, 0.29) is 16.5 Å². The van der Waals surface area contributed by atoms with Gasteiger partial charge in [-0.15, -0.1) is 0 Å². The summed E-state index contributed by atoms with van der Waals surface area (Å²) in [6, 6.07) is 13.6. The predicted octanol–water partition coefficient (Wildman–Crippen LogP) is 3.34. The Morgan fingerprint density at radius 3 is 2.45 bits per heavy atom. The van der Waals surface area contributed by atoms with Crippen LogP contribution in [0.2, 0.25) is 0 Å². The van der Waals surface area contributed by atoms with Gasteiger partial charge < -0.3 is 5.32 Å². The number of benzene rings is 2. The quantitative estimate of drug-likeness (QED) is 0.882. The SMILES string of the molecule is CC(NC(=O)c1ccccc1S(C)(=O)=O)c1cccc(Br)c1. The second-order valence-corrected chi connectivity index (χ2v) is 7.92. The number of hydrogen-bond acceptors (Lipinski definition) is 3. The van der Waals surface area contributed by atoms with Gasteiger partial charge in [0.25, 0.3) is 5.91 Å². The lowest BCUT2D eigenvalue weighted by atomic mass is 10.1. The third kappa shape index (κ3) is 3.96. The fourth-order valence-electron chi connectivity index (χ4n) is 2.11. The third-order valence-corrected chi connectivity index (χ3v) is 4.88. The van der Waals surface area contributed by atoms with Crippen LogP contribution in [-0.4, -0.2) is 20.6 Å². The summed E-state index contributed by atoms with van der Waals surface area (Å²) in [5, 5.41) is 2.83. The molecule has 0 radical (unpaired) electrons. The van der Waals surface area contributed by atoms with Crippen molar-refractivity contribution in [3.8, 4) is 0 Å². The van der Waals surface area contributed by atoms with Gasteiger partial charge in [0, 0.05) is 10.7 Å². The third-order valence-electron chi connectivity index (χ3n) is 3.23. The summed E-state index contributed by atoms with van der Waals surface area (Å²) in [5.41, 5.74) is 1.09. The molecule has 1 N–H and O–H groups in total. The Labute approximate surface area is 138 Å². The minimum absolute atomic E-state index is 0.0361. The van der Waals surface area contributed by atoms with Crippen molar-refractivity contribution < 1.29 is 13.2 Å². The van der Waals surface area contributed by atoms with Gasteiger partial charge >= 0.3 is 0 Å². The highest BCUT2D eigenvalue weighted by Crippen LogP contribution is 2.20. The van der Waals surface area contributed by atoms with Gasteiger partial charge in [-0.2, -0.15) is 0 Å². The number of amides is 1. The Hall–Kier alpha value is -1.66. The maximum Gasteiger partial charge on any atom is 0.253 e. The molecule has 0 fully saturated rings. The molecule has 116 valence electrons. The number of rotatable bonds is 4. The largest absolute Gasteiger partial charge is 0.345 e. The summed E-state index contributed by atoms with van der Waals surface area (Å²) >= 11 is 3.39. The van der Waals surface area contributed by atoms with Gasteiger partial charge in [0.1, 0.15) is 0 Å². The van der Waals surface area contributed by atoms with Crippen LogP contribution in [-0.2, 0) is 9.84 Å². The van der Waals surface area contributed by atoms with E-state index in [0.717, 1.165) is 16.3 Å². The number of halogens is 1. The minimum Gasteiger partial charge on any atom is -0.345 e. The van der Waals surface area contributed by atoms with E-state index in [1.807, 2.05) is 31.2 Å². The molecular formula is C16H16BrNO3S. The van der Waals surface area contributed by atoms with Gasteiger partial charge in [0.2, 0.25) is 0 Å². The average molecular weight is 382 g/mol. The molecule has 0 aromatic heterocycles. The smallest absolute Gasteiger partial charge is 0.253 e. The van der Waals surface area contributed by atoms with Crippen molar-refractivity contribution in [2.75, 3.05) is 6.26 Å². The van der Waals surface area contributed by atoms with Crippen LogP contribution in [0.25, 0.3) is 0 Å². The van der Waals surface area contributed by atoms with E-state index in [2.05, 4.69) is 21.2 Å². The summed E-state index contributed by atoms with van der Waals surface area (Å²) in [6.07, 6.45) is 1.09. The first-order valence-electron chi connectivity index (χ1n) is 6.64. The second-order valence-electron chi connectivity index (χ2n) is 5.02. The Morgan fingerprint density at radius 2 is 1.82 bits per heavy atom. The molecule has 1 atom stereocenters. The Morgan fingerprint density at radius 1 is 1.14 bits per heavy atom. The van der Waals surface area contributed by atoms with Gasteiger partial charge in [0.15, 0.2) is 9.84 Å². The molecule has 4 nitrogen and oxygen atoms in total. The minimum atomic E-state index is -3.45. The Bertz CT molecular complexity index is 803. The van der Waals surface area contributed by atoms with E-state index < -0.39 is 15.7 Å². The normalized spacial score (nSPS) is 12.7. The molecule has 2 rings (SSSR count). The molecule has 0 saturated heterocycles. The van der Waals surface area contributed by atoms with E-state index in [1.54, 1.807) is 12.1 Å². The molecule has 1 amide bonds. The van der Waals surface area contributed by atoms with Gasteiger partial charge in [-0.3, -0.25) is 4.79 Å². The molecule has 2 aromatic rings. The number of hydrogen-bond donors (Lipinski definition) is 1. The van der Waals surface area contributed by atoms with Gasteiger partial charge in [-0.05, 0) is 36.8 Å². The van der Waals surface area contributed by atoms with E-state index in [0.29, 0.717) is 0 Å². The fourth-order valence-corrected chi connectivity index (χ4v) is 3.41. The van der Waals surface area contributed by atoms with Crippen molar-refractivity contribution in [1.82, 2.24) is 5.32 Å². The molecule has 2 aromatic carbocycles. The van der Waals surface area contributed by atoms with Crippen LogP contribution >= 0.6 is 15.9 Å². The van der Waals surface area contributed by atoms with Crippen molar-refractivity contribution in [2.24, 2.45) is 0 Å². The van der Waals surface area contributed by atoms with Crippen molar-refractivity contribution in [3.05, 3.63) is 64.1 Å². The molecule has 0 spiro atoms. The molecule has 0 aliphatic carbocycles. The van der Waals surface area contributed by atoms with Crippen molar-refractivity contribution >= 4 is 31.7 Å². The first-order chi connectivity index (χ1) is 10.3. The maximum atomic E-state index is 12.4. The Kier molecular flexibility index (Phi) is 5.03. The van der Waals surface area contributed by atoms with Crippen LogP contribution in [0.3, 0.4) is 0 Å². The molecule has 22 heavy (non-hydrogen) atoms.